The number of carbonyl (C=O) groups is 1. The Bertz CT molecular complexity index is 226. The summed E-state index contributed by atoms with van der Waals surface area (Å²) < 4.78 is 4.90. The molecule has 12 heavy (non-hydrogen) atoms. The van der Waals surface area contributed by atoms with Gasteiger partial charge in [0.25, 0.3) is 0 Å². The van der Waals surface area contributed by atoms with E-state index in [-0.39, 0.29) is 11.9 Å². The van der Waals surface area contributed by atoms with E-state index in [0.29, 0.717) is 6.61 Å². The summed E-state index contributed by atoms with van der Waals surface area (Å²) in [6.45, 7) is 4.16. The third kappa shape index (κ3) is 1.97. The number of rotatable bonds is 3. The molecule has 0 heterocycles. The Morgan fingerprint density at radius 3 is 3.00 bits per heavy atom. The maximum absolute atomic E-state index is 11.2. The third-order valence-corrected chi connectivity index (χ3v) is 1.94. The fraction of sp³-hybridized carbons (Fsp3) is 0.500. The SMILES string of the molecule is CCOC(=O)[C@@H](C)C1=CCC=C1. The third-order valence-electron chi connectivity index (χ3n) is 1.94. The summed E-state index contributed by atoms with van der Waals surface area (Å²) in [5, 5.41) is 0. The lowest BCUT2D eigenvalue weighted by Gasteiger charge is -2.09. The van der Waals surface area contributed by atoms with Crippen molar-refractivity contribution < 1.29 is 9.53 Å². The summed E-state index contributed by atoms with van der Waals surface area (Å²) in [6.07, 6.45) is 7.04. The molecule has 2 heteroatoms. The van der Waals surface area contributed by atoms with Crippen molar-refractivity contribution in [3.8, 4) is 0 Å². The minimum absolute atomic E-state index is 0.108. The van der Waals surface area contributed by atoms with E-state index in [2.05, 4.69) is 6.08 Å². The summed E-state index contributed by atoms with van der Waals surface area (Å²) >= 11 is 0. The second-order valence-corrected chi connectivity index (χ2v) is 2.82. The predicted molar refractivity (Wildman–Crippen MR) is 47.6 cm³/mol. The van der Waals surface area contributed by atoms with E-state index in [1.165, 1.54) is 0 Å². The van der Waals surface area contributed by atoms with Crippen molar-refractivity contribution in [3.63, 3.8) is 0 Å². The molecule has 0 aliphatic heterocycles. The first kappa shape index (κ1) is 9.04. The highest BCUT2D eigenvalue weighted by Gasteiger charge is 2.17. The molecule has 0 unspecified atom stereocenters. The van der Waals surface area contributed by atoms with Gasteiger partial charge in [0.05, 0.1) is 12.5 Å². The zero-order chi connectivity index (χ0) is 8.97. The molecule has 1 aliphatic carbocycles. The minimum atomic E-state index is -0.129. The molecule has 1 aliphatic rings. The van der Waals surface area contributed by atoms with Crippen LogP contribution in [-0.4, -0.2) is 12.6 Å². The van der Waals surface area contributed by atoms with Crippen molar-refractivity contribution in [2.45, 2.75) is 20.3 Å². The van der Waals surface area contributed by atoms with Gasteiger partial charge in [0.2, 0.25) is 0 Å². The second kappa shape index (κ2) is 4.10. The molecule has 1 rings (SSSR count). The van der Waals surface area contributed by atoms with Gasteiger partial charge >= 0.3 is 5.97 Å². The number of hydrogen-bond donors (Lipinski definition) is 0. The predicted octanol–water partition coefficient (Wildman–Crippen LogP) is 2.07. The first-order valence-corrected chi connectivity index (χ1v) is 4.29. The van der Waals surface area contributed by atoms with Crippen LogP contribution in [0.3, 0.4) is 0 Å². The van der Waals surface area contributed by atoms with Gasteiger partial charge in [-0.2, -0.15) is 0 Å². The highest BCUT2D eigenvalue weighted by atomic mass is 16.5. The Morgan fingerprint density at radius 2 is 2.50 bits per heavy atom. The van der Waals surface area contributed by atoms with Gasteiger partial charge in [-0.05, 0) is 25.8 Å². The van der Waals surface area contributed by atoms with E-state index in [4.69, 9.17) is 4.74 Å². The van der Waals surface area contributed by atoms with Crippen molar-refractivity contribution in [3.05, 3.63) is 23.8 Å². The van der Waals surface area contributed by atoms with Crippen molar-refractivity contribution in [2.24, 2.45) is 5.92 Å². The lowest BCUT2D eigenvalue weighted by atomic mass is 10.0. The van der Waals surface area contributed by atoms with Gasteiger partial charge in [0.1, 0.15) is 0 Å². The van der Waals surface area contributed by atoms with E-state index >= 15 is 0 Å². The Labute approximate surface area is 72.9 Å². The minimum Gasteiger partial charge on any atom is -0.466 e. The number of allylic oxidation sites excluding steroid dienone is 3. The van der Waals surface area contributed by atoms with Gasteiger partial charge in [0.15, 0.2) is 0 Å². The summed E-state index contributed by atoms with van der Waals surface area (Å²) in [4.78, 5) is 11.2. The van der Waals surface area contributed by atoms with Gasteiger partial charge in [-0.3, -0.25) is 4.79 Å². The molecule has 2 nitrogen and oxygen atoms in total. The molecule has 66 valence electrons. The van der Waals surface area contributed by atoms with Crippen LogP contribution in [0.25, 0.3) is 0 Å². The fourth-order valence-corrected chi connectivity index (χ4v) is 1.20. The van der Waals surface area contributed by atoms with E-state index < -0.39 is 0 Å². The summed E-state index contributed by atoms with van der Waals surface area (Å²) in [5.41, 5.74) is 1.08. The molecule has 1 atom stereocenters. The molecule has 0 aromatic carbocycles. The number of ether oxygens (including phenoxy) is 1. The highest BCUT2D eigenvalue weighted by molar-refractivity contribution is 5.76. The van der Waals surface area contributed by atoms with E-state index in [1.54, 1.807) is 0 Å². The first-order chi connectivity index (χ1) is 5.75. The van der Waals surface area contributed by atoms with Crippen LogP contribution in [-0.2, 0) is 9.53 Å². The number of esters is 1. The average molecular weight is 166 g/mol. The summed E-state index contributed by atoms with van der Waals surface area (Å²) in [7, 11) is 0. The quantitative estimate of drug-likeness (QED) is 0.600. The van der Waals surface area contributed by atoms with Crippen molar-refractivity contribution in [1.82, 2.24) is 0 Å². The molecule has 0 fully saturated rings. The first-order valence-electron chi connectivity index (χ1n) is 4.29. The molecular formula is C10H14O2. The molecule has 0 spiro atoms. The van der Waals surface area contributed by atoms with Crippen molar-refractivity contribution in [1.29, 1.82) is 0 Å². The normalized spacial score (nSPS) is 17.3. The number of carbonyl (C=O) groups excluding carboxylic acids is 1. The molecule has 0 saturated carbocycles. The molecule has 0 aromatic rings. The van der Waals surface area contributed by atoms with Crippen LogP contribution in [0, 0.1) is 5.92 Å². The van der Waals surface area contributed by atoms with Crippen LogP contribution >= 0.6 is 0 Å². The van der Waals surface area contributed by atoms with Crippen molar-refractivity contribution >= 4 is 5.97 Å². The lowest BCUT2D eigenvalue weighted by molar-refractivity contribution is -0.145. The molecule has 0 radical (unpaired) electrons. The molecule has 0 N–H and O–H groups in total. The standard InChI is InChI=1S/C10H14O2/c1-3-12-10(11)8(2)9-6-4-5-7-9/h4,6-8H,3,5H2,1-2H3/t8-/m0/s1. The fourth-order valence-electron chi connectivity index (χ4n) is 1.20. The van der Waals surface area contributed by atoms with Crippen LogP contribution < -0.4 is 0 Å². The Kier molecular flexibility index (Phi) is 3.09. The summed E-state index contributed by atoms with van der Waals surface area (Å²) in [6, 6.07) is 0. The Hall–Kier alpha value is -1.05. The zero-order valence-corrected chi connectivity index (χ0v) is 7.54. The van der Waals surface area contributed by atoms with Crippen LogP contribution in [0.15, 0.2) is 23.8 Å². The smallest absolute Gasteiger partial charge is 0.313 e. The maximum Gasteiger partial charge on any atom is 0.313 e. The van der Waals surface area contributed by atoms with Crippen LogP contribution in [0.5, 0.6) is 0 Å². The Balaban J connectivity index is 2.51. The van der Waals surface area contributed by atoms with Gasteiger partial charge in [-0.25, -0.2) is 0 Å². The topological polar surface area (TPSA) is 26.3 Å². The van der Waals surface area contributed by atoms with E-state index in [0.717, 1.165) is 12.0 Å². The number of hydrogen-bond acceptors (Lipinski definition) is 2. The molecule has 0 aromatic heterocycles. The van der Waals surface area contributed by atoms with Crippen LogP contribution in [0.2, 0.25) is 0 Å². The van der Waals surface area contributed by atoms with E-state index in [1.807, 2.05) is 26.0 Å². The molecule has 0 saturated heterocycles. The van der Waals surface area contributed by atoms with Crippen LogP contribution in [0.1, 0.15) is 20.3 Å². The van der Waals surface area contributed by atoms with Gasteiger partial charge in [-0.15, -0.1) is 0 Å². The summed E-state index contributed by atoms with van der Waals surface area (Å²) in [5.74, 6) is -0.237. The van der Waals surface area contributed by atoms with Gasteiger partial charge < -0.3 is 4.74 Å². The van der Waals surface area contributed by atoms with Crippen LogP contribution in [0.4, 0.5) is 0 Å². The Morgan fingerprint density at radius 1 is 1.75 bits per heavy atom. The maximum atomic E-state index is 11.2. The lowest BCUT2D eigenvalue weighted by Crippen LogP contribution is -2.15. The molecular weight excluding hydrogens is 152 g/mol. The molecule has 0 amide bonds. The monoisotopic (exact) mass is 166 g/mol. The van der Waals surface area contributed by atoms with Gasteiger partial charge in [-0.1, -0.05) is 18.2 Å². The van der Waals surface area contributed by atoms with Gasteiger partial charge in [0, 0.05) is 0 Å². The van der Waals surface area contributed by atoms with E-state index in [9.17, 15) is 4.79 Å². The van der Waals surface area contributed by atoms with Crippen molar-refractivity contribution in [2.75, 3.05) is 6.61 Å². The molecule has 0 bridgehead atoms. The largest absolute Gasteiger partial charge is 0.466 e. The highest BCUT2D eigenvalue weighted by Crippen LogP contribution is 2.19. The zero-order valence-electron chi connectivity index (χ0n) is 7.54. The second-order valence-electron chi connectivity index (χ2n) is 2.82. The average Bonchev–Trinajstić information content (AvgIpc) is 2.55.